The highest BCUT2D eigenvalue weighted by Crippen LogP contribution is 2.45. The summed E-state index contributed by atoms with van der Waals surface area (Å²) < 4.78 is 0. The standard InChI is InChI=1S/C13H19NO/c1-12(2,14)9-10-3-5-11(6-4-10)13(15)7-8-13/h3-6,15H,7-9,14H2,1-2H3. The molecule has 1 aromatic rings. The monoisotopic (exact) mass is 205 g/mol. The van der Waals surface area contributed by atoms with Gasteiger partial charge in [-0.05, 0) is 44.2 Å². The summed E-state index contributed by atoms with van der Waals surface area (Å²) in [4.78, 5) is 0. The van der Waals surface area contributed by atoms with Crippen molar-refractivity contribution in [1.82, 2.24) is 0 Å². The van der Waals surface area contributed by atoms with Crippen LogP contribution in [0.1, 0.15) is 37.8 Å². The third kappa shape index (κ3) is 2.58. The number of hydrogen-bond donors (Lipinski definition) is 2. The van der Waals surface area contributed by atoms with Gasteiger partial charge in [0.2, 0.25) is 0 Å². The van der Waals surface area contributed by atoms with E-state index in [0.29, 0.717) is 0 Å². The van der Waals surface area contributed by atoms with Crippen molar-refractivity contribution in [3.05, 3.63) is 35.4 Å². The summed E-state index contributed by atoms with van der Waals surface area (Å²) in [5, 5.41) is 9.90. The predicted octanol–water partition coefficient (Wildman–Crippen LogP) is 1.95. The van der Waals surface area contributed by atoms with Crippen LogP contribution in [0.15, 0.2) is 24.3 Å². The highest BCUT2D eigenvalue weighted by atomic mass is 16.3. The van der Waals surface area contributed by atoms with Crippen LogP contribution >= 0.6 is 0 Å². The highest BCUT2D eigenvalue weighted by molar-refractivity contribution is 5.31. The normalized spacial score (nSPS) is 18.9. The van der Waals surface area contributed by atoms with E-state index >= 15 is 0 Å². The van der Waals surface area contributed by atoms with Gasteiger partial charge in [-0.1, -0.05) is 24.3 Å². The van der Waals surface area contributed by atoms with Gasteiger partial charge in [0.05, 0.1) is 5.60 Å². The van der Waals surface area contributed by atoms with Gasteiger partial charge in [-0.3, -0.25) is 0 Å². The Labute approximate surface area is 91.1 Å². The molecule has 2 heteroatoms. The van der Waals surface area contributed by atoms with E-state index in [1.807, 2.05) is 26.0 Å². The Balaban J connectivity index is 2.11. The maximum atomic E-state index is 9.90. The maximum Gasteiger partial charge on any atom is 0.0899 e. The van der Waals surface area contributed by atoms with Gasteiger partial charge in [0.1, 0.15) is 0 Å². The molecule has 15 heavy (non-hydrogen) atoms. The minimum Gasteiger partial charge on any atom is -0.385 e. The van der Waals surface area contributed by atoms with Crippen LogP contribution < -0.4 is 5.73 Å². The summed E-state index contributed by atoms with van der Waals surface area (Å²) in [5.74, 6) is 0. The molecule has 3 N–H and O–H groups in total. The van der Waals surface area contributed by atoms with Crippen LogP contribution in [0.3, 0.4) is 0 Å². The molecule has 0 unspecified atom stereocenters. The third-order valence-corrected chi connectivity index (χ3v) is 2.87. The quantitative estimate of drug-likeness (QED) is 0.792. The lowest BCUT2D eigenvalue weighted by Gasteiger charge is -2.18. The van der Waals surface area contributed by atoms with E-state index in [1.54, 1.807) is 0 Å². The predicted molar refractivity (Wildman–Crippen MR) is 61.5 cm³/mol. The average molecular weight is 205 g/mol. The van der Waals surface area contributed by atoms with E-state index in [0.717, 1.165) is 24.8 Å². The van der Waals surface area contributed by atoms with E-state index in [-0.39, 0.29) is 5.54 Å². The molecule has 1 aliphatic rings. The zero-order valence-electron chi connectivity index (χ0n) is 9.46. The van der Waals surface area contributed by atoms with Crippen LogP contribution in [0.4, 0.5) is 0 Å². The zero-order valence-corrected chi connectivity index (χ0v) is 9.46. The number of rotatable bonds is 3. The minimum absolute atomic E-state index is 0.169. The summed E-state index contributed by atoms with van der Waals surface area (Å²) in [6.07, 6.45) is 2.66. The summed E-state index contributed by atoms with van der Waals surface area (Å²) in [6.45, 7) is 4.05. The van der Waals surface area contributed by atoms with Crippen molar-refractivity contribution in [2.24, 2.45) is 5.73 Å². The number of benzene rings is 1. The molecule has 0 radical (unpaired) electrons. The molecule has 0 bridgehead atoms. The van der Waals surface area contributed by atoms with Crippen LogP contribution in [0, 0.1) is 0 Å². The van der Waals surface area contributed by atoms with Crippen molar-refractivity contribution in [3.8, 4) is 0 Å². The molecule has 0 spiro atoms. The average Bonchev–Trinajstić information content (AvgIpc) is 2.83. The first-order valence-electron chi connectivity index (χ1n) is 5.50. The Bertz CT molecular complexity index is 344. The second-order valence-electron chi connectivity index (χ2n) is 5.39. The van der Waals surface area contributed by atoms with E-state index in [9.17, 15) is 5.11 Å². The molecule has 0 aliphatic heterocycles. The van der Waals surface area contributed by atoms with Crippen LogP contribution in [0.5, 0.6) is 0 Å². The summed E-state index contributed by atoms with van der Waals surface area (Å²) in [6, 6.07) is 8.18. The molecule has 1 saturated carbocycles. The molecule has 2 rings (SSSR count). The van der Waals surface area contributed by atoms with Crippen LogP contribution in [0.25, 0.3) is 0 Å². The SMILES string of the molecule is CC(C)(N)Cc1ccc(C2(O)CC2)cc1. The van der Waals surface area contributed by atoms with Crippen molar-refractivity contribution < 1.29 is 5.11 Å². The number of nitrogens with two attached hydrogens (primary N) is 1. The third-order valence-electron chi connectivity index (χ3n) is 2.87. The first-order chi connectivity index (χ1) is 6.89. The van der Waals surface area contributed by atoms with Crippen LogP contribution in [-0.2, 0) is 12.0 Å². The minimum atomic E-state index is -0.517. The van der Waals surface area contributed by atoms with Crippen molar-refractivity contribution in [2.45, 2.75) is 44.2 Å². The Morgan fingerprint density at radius 1 is 1.27 bits per heavy atom. The number of aliphatic hydroxyl groups is 1. The first-order valence-corrected chi connectivity index (χ1v) is 5.50. The fourth-order valence-electron chi connectivity index (χ4n) is 1.87. The zero-order chi connectivity index (χ0) is 11.1. The molecule has 0 saturated heterocycles. The van der Waals surface area contributed by atoms with Gasteiger partial charge in [-0.15, -0.1) is 0 Å². The molecule has 0 aromatic heterocycles. The molecule has 0 amide bonds. The molecule has 82 valence electrons. The van der Waals surface area contributed by atoms with Crippen LogP contribution in [-0.4, -0.2) is 10.6 Å². The summed E-state index contributed by atoms with van der Waals surface area (Å²) >= 11 is 0. The van der Waals surface area contributed by atoms with Gasteiger partial charge < -0.3 is 10.8 Å². The largest absolute Gasteiger partial charge is 0.385 e. The molecule has 2 nitrogen and oxygen atoms in total. The Morgan fingerprint density at radius 2 is 1.80 bits per heavy atom. The highest BCUT2D eigenvalue weighted by Gasteiger charge is 2.41. The fourth-order valence-corrected chi connectivity index (χ4v) is 1.87. The molecule has 0 atom stereocenters. The topological polar surface area (TPSA) is 46.2 Å². The van der Waals surface area contributed by atoms with E-state index in [4.69, 9.17) is 5.73 Å². The molecular weight excluding hydrogens is 186 g/mol. The molecule has 0 heterocycles. The van der Waals surface area contributed by atoms with E-state index in [1.165, 1.54) is 5.56 Å². The Morgan fingerprint density at radius 3 is 2.20 bits per heavy atom. The molecule has 1 fully saturated rings. The van der Waals surface area contributed by atoms with Gasteiger partial charge in [-0.2, -0.15) is 0 Å². The van der Waals surface area contributed by atoms with E-state index in [2.05, 4.69) is 12.1 Å². The van der Waals surface area contributed by atoms with Gasteiger partial charge in [0, 0.05) is 5.54 Å². The second-order valence-corrected chi connectivity index (χ2v) is 5.39. The van der Waals surface area contributed by atoms with Crippen molar-refractivity contribution in [2.75, 3.05) is 0 Å². The van der Waals surface area contributed by atoms with Gasteiger partial charge in [-0.25, -0.2) is 0 Å². The van der Waals surface area contributed by atoms with Crippen molar-refractivity contribution in [1.29, 1.82) is 0 Å². The lowest BCUT2D eigenvalue weighted by atomic mass is 9.95. The second kappa shape index (κ2) is 3.32. The molecular formula is C13H19NO. The van der Waals surface area contributed by atoms with Gasteiger partial charge in [0.25, 0.3) is 0 Å². The smallest absolute Gasteiger partial charge is 0.0899 e. The van der Waals surface area contributed by atoms with Crippen LogP contribution in [0.2, 0.25) is 0 Å². The van der Waals surface area contributed by atoms with Gasteiger partial charge in [0.15, 0.2) is 0 Å². The lowest BCUT2D eigenvalue weighted by molar-refractivity contribution is 0.151. The van der Waals surface area contributed by atoms with Crippen molar-refractivity contribution in [3.63, 3.8) is 0 Å². The summed E-state index contributed by atoms with van der Waals surface area (Å²) in [5.41, 5.74) is 7.54. The summed E-state index contributed by atoms with van der Waals surface area (Å²) in [7, 11) is 0. The fraction of sp³-hybridized carbons (Fsp3) is 0.538. The molecule has 1 aromatic carbocycles. The van der Waals surface area contributed by atoms with Crippen molar-refractivity contribution >= 4 is 0 Å². The Hall–Kier alpha value is -0.860. The lowest BCUT2D eigenvalue weighted by Crippen LogP contribution is -2.34. The maximum absolute atomic E-state index is 9.90. The van der Waals surface area contributed by atoms with Gasteiger partial charge >= 0.3 is 0 Å². The van der Waals surface area contributed by atoms with E-state index < -0.39 is 5.60 Å². The first kappa shape index (κ1) is 10.7. The Kier molecular flexibility index (Phi) is 2.36. The molecule has 1 aliphatic carbocycles. The number of hydrogen-bond acceptors (Lipinski definition) is 2.